The Kier molecular flexibility index (Phi) is 5.11. The average Bonchev–Trinajstić information content (AvgIpc) is 2.11. The Labute approximate surface area is 78.5 Å². The lowest BCUT2D eigenvalue weighted by molar-refractivity contribution is -0.145. The lowest BCUT2D eigenvalue weighted by atomic mass is 10.2. The lowest BCUT2D eigenvalue weighted by Crippen LogP contribution is -2.41. The van der Waals surface area contributed by atoms with Gasteiger partial charge in [-0.25, -0.2) is 0 Å². The van der Waals surface area contributed by atoms with Crippen LogP contribution in [0.5, 0.6) is 0 Å². The summed E-state index contributed by atoms with van der Waals surface area (Å²) < 4.78 is 0. The summed E-state index contributed by atoms with van der Waals surface area (Å²) in [5, 5.41) is 8.58. The fraction of sp³-hybridized carbons (Fsp3) is 0.778. The molecule has 1 amide bonds. The van der Waals surface area contributed by atoms with Crippen molar-refractivity contribution in [3.63, 3.8) is 0 Å². The molecule has 1 unspecified atom stereocenters. The van der Waals surface area contributed by atoms with Crippen LogP contribution >= 0.6 is 0 Å². The molecule has 4 nitrogen and oxygen atoms in total. The summed E-state index contributed by atoms with van der Waals surface area (Å²) in [5.74, 6) is -1.06. The van der Waals surface area contributed by atoms with Gasteiger partial charge >= 0.3 is 5.97 Å². The van der Waals surface area contributed by atoms with Gasteiger partial charge in [-0.2, -0.15) is 0 Å². The number of nitrogens with zero attached hydrogens (tertiary/aromatic N) is 1. The van der Waals surface area contributed by atoms with E-state index in [0.717, 1.165) is 6.42 Å². The van der Waals surface area contributed by atoms with Gasteiger partial charge in [-0.15, -0.1) is 0 Å². The van der Waals surface area contributed by atoms with E-state index in [1.807, 2.05) is 13.8 Å². The first kappa shape index (κ1) is 11.9. The number of carbonyl (C=O) groups is 2. The van der Waals surface area contributed by atoms with E-state index in [0.29, 0.717) is 6.42 Å². The van der Waals surface area contributed by atoms with E-state index in [4.69, 9.17) is 5.11 Å². The first-order valence-corrected chi connectivity index (χ1v) is 4.54. The van der Waals surface area contributed by atoms with E-state index in [2.05, 4.69) is 0 Å². The van der Waals surface area contributed by atoms with Crippen molar-refractivity contribution in [3.05, 3.63) is 0 Å². The summed E-state index contributed by atoms with van der Waals surface area (Å²) in [7, 11) is 0. The van der Waals surface area contributed by atoms with Gasteiger partial charge in [-0.1, -0.05) is 13.8 Å². The molecule has 0 aliphatic carbocycles. The number of hydrogen-bond donors (Lipinski definition) is 1. The van der Waals surface area contributed by atoms with Crippen molar-refractivity contribution in [2.24, 2.45) is 0 Å². The molecule has 0 aromatic carbocycles. The van der Waals surface area contributed by atoms with Crippen LogP contribution in [0.4, 0.5) is 0 Å². The van der Waals surface area contributed by atoms with Crippen LogP contribution in [0.1, 0.15) is 33.6 Å². The summed E-state index contributed by atoms with van der Waals surface area (Å²) in [5.41, 5.74) is 0. The zero-order chi connectivity index (χ0) is 10.4. The van der Waals surface area contributed by atoms with Gasteiger partial charge < -0.3 is 10.0 Å². The second kappa shape index (κ2) is 5.56. The third kappa shape index (κ3) is 3.92. The zero-order valence-electron chi connectivity index (χ0n) is 8.41. The van der Waals surface area contributed by atoms with Crippen LogP contribution in [-0.4, -0.2) is 34.5 Å². The maximum Gasteiger partial charge on any atom is 0.323 e. The predicted octanol–water partition coefficient (Wildman–Crippen LogP) is 1.11. The van der Waals surface area contributed by atoms with Gasteiger partial charge in [0, 0.05) is 12.5 Å². The van der Waals surface area contributed by atoms with Crippen LogP contribution in [0, 0.1) is 0 Å². The molecule has 0 aromatic rings. The average molecular weight is 187 g/mol. The highest BCUT2D eigenvalue weighted by Gasteiger charge is 2.19. The molecule has 0 saturated heterocycles. The van der Waals surface area contributed by atoms with E-state index in [-0.39, 0.29) is 18.5 Å². The first-order chi connectivity index (χ1) is 6.02. The molecule has 1 atom stereocenters. The van der Waals surface area contributed by atoms with Crippen LogP contribution in [0.3, 0.4) is 0 Å². The number of hydrogen-bond acceptors (Lipinski definition) is 2. The molecular formula is C9H17NO3. The molecule has 4 heteroatoms. The Morgan fingerprint density at radius 3 is 2.23 bits per heavy atom. The molecule has 76 valence electrons. The molecule has 0 heterocycles. The van der Waals surface area contributed by atoms with Crippen LogP contribution in [0.25, 0.3) is 0 Å². The molecule has 0 bridgehead atoms. The largest absolute Gasteiger partial charge is 0.480 e. The highest BCUT2D eigenvalue weighted by Crippen LogP contribution is 2.05. The second-order valence-corrected chi connectivity index (χ2v) is 3.03. The van der Waals surface area contributed by atoms with Gasteiger partial charge in [0.05, 0.1) is 0 Å². The fourth-order valence-corrected chi connectivity index (χ4v) is 1.06. The van der Waals surface area contributed by atoms with Crippen LogP contribution in [-0.2, 0) is 9.59 Å². The third-order valence-corrected chi connectivity index (χ3v) is 2.05. The fourth-order valence-electron chi connectivity index (χ4n) is 1.06. The first-order valence-electron chi connectivity index (χ1n) is 4.54. The lowest BCUT2D eigenvalue weighted by Gasteiger charge is -2.26. The number of carbonyl (C=O) groups excluding carboxylic acids is 1. The van der Waals surface area contributed by atoms with Gasteiger partial charge in [-0.05, 0) is 13.3 Å². The maximum atomic E-state index is 11.3. The summed E-state index contributed by atoms with van der Waals surface area (Å²) >= 11 is 0. The Balaban J connectivity index is 4.35. The monoisotopic (exact) mass is 187 g/mol. The van der Waals surface area contributed by atoms with Gasteiger partial charge in [0.25, 0.3) is 0 Å². The van der Waals surface area contributed by atoms with Crippen molar-refractivity contribution in [1.82, 2.24) is 4.90 Å². The highest BCUT2D eigenvalue weighted by atomic mass is 16.4. The van der Waals surface area contributed by atoms with Crippen LogP contribution < -0.4 is 0 Å². The topological polar surface area (TPSA) is 57.6 Å². The molecular weight excluding hydrogens is 170 g/mol. The molecule has 1 N–H and O–H groups in total. The third-order valence-electron chi connectivity index (χ3n) is 2.05. The minimum atomic E-state index is -0.956. The number of amides is 1. The smallest absolute Gasteiger partial charge is 0.323 e. The van der Waals surface area contributed by atoms with Gasteiger partial charge in [-0.3, -0.25) is 9.59 Å². The predicted molar refractivity (Wildman–Crippen MR) is 49.4 cm³/mol. The Bertz CT molecular complexity index is 191. The number of carboxylic acid groups (broad SMARTS) is 1. The van der Waals surface area contributed by atoms with Gasteiger partial charge in [0.2, 0.25) is 5.91 Å². The molecule has 13 heavy (non-hydrogen) atoms. The van der Waals surface area contributed by atoms with Crippen molar-refractivity contribution >= 4 is 11.9 Å². The molecule has 0 saturated carbocycles. The van der Waals surface area contributed by atoms with Gasteiger partial charge in [0.1, 0.15) is 6.54 Å². The van der Waals surface area contributed by atoms with E-state index in [9.17, 15) is 9.59 Å². The van der Waals surface area contributed by atoms with E-state index in [1.54, 1.807) is 6.92 Å². The van der Waals surface area contributed by atoms with Crippen molar-refractivity contribution in [2.75, 3.05) is 6.54 Å². The van der Waals surface area contributed by atoms with E-state index < -0.39 is 5.97 Å². The number of carboxylic acids is 1. The Hall–Kier alpha value is -1.06. The molecule has 0 aromatic heterocycles. The normalized spacial score (nSPS) is 12.2. The summed E-state index contributed by atoms with van der Waals surface area (Å²) in [6, 6.07) is 0.00329. The Morgan fingerprint density at radius 2 is 1.92 bits per heavy atom. The summed E-state index contributed by atoms with van der Waals surface area (Å²) in [6.45, 7) is 5.33. The minimum absolute atomic E-state index is 0.00329. The van der Waals surface area contributed by atoms with Crippen molar-refractivity contribution < 1.29 is 14.7 Å². The Morgan fingerprint density at radius 1 is 1.38 bits per heavy atom. The molecule has 0 radical (unpaired) electrons. The molecule has 0 rings (SSSR count). The van der Waals surface area contributed by atoms with E-state index in [1.165, 1.54) is 4.90 Å². The van der Waals surface area contributed by atoms with Gasteiger partial charge in [0.15, 0.2) is 0 Å². The molecule has 0 aliphatic heterocycles. The van der Waals surface area contributed by atoms with Crippen LogP contribution in [0.15, 0.2) is 0 Å². The highest BCUT2D eigenvalue weighted by molar-refractivity contribution is 5.81. The molecule has 0 aliphatic rings. The maximum absolute atomic E-state index is 11.3. The summed E-state index contributed by atoms with van der Waals surface area (Å²) in [6.07, 6.45) is 1.14. The van der Waals surface area contributed by atoms with Crippen molar-refractivity contribution in [2.45, 2.75) is 39.7 Å². The van der Waals surface area contributed by atoms with Crippen molar-refractivity contribution in [3.8, 4) is 0 Å². The minimum Gasteiger partial charge on any atom is -0.480 e. The van der Waals surface area contributed by atoms with Crippen LogP contribution in [0.2, 0.25) is 0 Å². The zero-order valence-corrected chi connectivity index (χ0v) is 8.41. The second-order valence-electron chi connectivity index (χ2n) is 3.03. The standard InChI is InChI=1S/C9H17NO3/c1-4-7(3)10(6-9(12)13)8(11)5-2/h7H,4-6H2,1-3H3,(H,12,13). The SMILES string of the molecule is CCC(=O)N(CC(=O)O)C(C)CC. The quantitative estimate of drug-likeness (QED) is 0.701. The number of rotatable bonds is 5. The summed E-state index contributed by atoms with van der Waals surface area (Å²) in [4.78, 5) is 23.2. The molecule has 0 spiro atoms. The number of aliphatic carboxylic acids is 1. The van der Waals surface area contributed by atoms with Crippen molar-refractivity contribution in [1.29, 1.82) is 0 Å². The van der Waals surface area contributed by atoms with E-state index >= 15 is 0 Å². The molecule has 0 fully saturated rings.